The second-order valence-corrected chi connectivity index (χ2v) is 4.19. The average Bonchev–Trinajstić information content (AvgIpc) is 2.17. The van der Waals surface area contributed by atoms with E-state index >= 15 is 0 Å². The van der Waals surface area contributed by atoms with E-state index in [1.54, 1.807) is 12.1 Å². The lowest BCUT2D eigenvalue weighted by molar-refractivity contribution is -0.0256. The minimum absolute atomic E-state index is 0.0121. The first kappa shape index (κ1) is 12.1. The van der Waals surface area contributed by atoms with Crippen molar-refractivity contribution >= 4 is 0 Å². The van der Waals surface area contributed by atoms with Gasteiger partial charge in [-0.1, -0.05) is 38.1 Å². The third kappa shape index (κ3) is 2.53. The standard InChI is InChI=1S/C12H17F2N/c1-8(2)10-4-6-11(7-5-10)12(13,14)9(3)15/h4-9H,15H2,1-3H3. The summed E-state index contributed by atoms with van der Waals surface area (Å²) in [6, 6.07) is 5.21. The highest BCUT2D eigenvalue weighted by Gasteiger charge is 2.35. The SMILES string of the molecule is CC(C)c1ccc(C(F)(F)C(C)N)cc1. The van der Waals surface area contributed by atoms with Gasteiger partial charge in [0.25, 0.3) is 5.92 Å². The van der Waals surface area contributed by atoms with Crippen LogP contribution < -0.4 is 5.73 Å². The van der Waals surface area contributed by atoms with E-state index in [0.29, 0.717) is 5.92 Å². The lowest BCUT2D eigenvalue weighted by Crippen LogP contribution is -2.35. The quantitative estimate of drug-likeness (QED) is 0.819. The molecule has 0 saturated carbocycles. The molecule has 1 atom stereocenters. The van der Waals surface area contributed by atoms with Crippen molar-refractivity contribution in [2.45, 2.75) is 38.7 Å². The summed E-state index contributed by atoms with van der Waals surface area (Å²) in [5.74, 6) is -2.60. The normalized spacial score (nSPS) is 14.3. The summed E-state index contributed by atoms with van der Waals surface area (Å²) in [6.45, 7) is 5.37. The predicted molar refractivity (Wildman–Crippen MR) is 58.1 cm³/mol. The van der Waals surface area contributed by atoms with Crippen molar-refractivity contribution in [2.75, 3.05) is 0 Å². The van der Waals surface area contributed by atoms with Crippen molar-refractivity contribution in [2.24, 2.45) is 5.73 Å². The summed E-state index contributed by atoms with van der Waals surface area (Å²) in [5, 5.41) is 0. The van der Waals surface area contributed by atoms with Gasteiger partial charge in [0.2, 0.25) is 0 Å². The molecule has 0 aliphatic carbocycles. The number of hydrogen-bond donors (Lipinski definition) is 1. The Kier molecular flexibility index (Phi) is 3.45. The Balaban J connectivity index is 2.98. The van der Waals surface area contributed by atoms with E-state index in [4.69, 9.17) is 5.73 Å². The molecule has 0 bridgehead atoms. The van der Waals surface area contributed by atoms with Crippen LogP contribution in [-0.2, 0) is 5.92 Å². The van der Waals surface area contributed by atoms with Gasteiger partial charge in [0.1, 0.15) is 0 Å². The van der Waals surface area contributed by atoms with Gasteiger partial charge in [0.15, 0.2) is 0 Å². The Morgan fingerprint density at radius 1 is 1.07 bits per heavy atom. The second kappa shape index (κ2) is 4.27. The van der Waals surface area contributed by atoms with E-state index in [-0.39, 0.29) is 5.56 Å². The molecule has 0 saturated heterocycles. The van der Waals surface area contributed by atoms with Crippen LogP contribution in [0.5, 0.6) is 0 Å². The predicted octanol–water partition coefficient (Wildman–Crippen LogP) is 3.25. The monoisotopic (exact) mass is 213 g/mol. The van der Waals surface area contributed by atoms with Crippen LogP contribution in [-0.4, -0.2) is 6.04 Å². The van der Waals surface area contributed by atoms with Gasteiger partial charge in [-0.2, -0.15) is 8.78 Å². The number of rotatable bonds is 3. The van der Waals surface area contributed by atoms with Gasteiger partial charge in [-0.25, -0.2) is 0 Å². The molecule has 0 radical (unpaired) electrons. The van der Waals surface area contributed by atoms with E-state index in [0.717, 1.165) is 5.56 Å². The van der Waals surface area contributed by atoms with Crippen molar-refractivity contribution in [3.63, 3.8) is 0 Å². The molecule has 84 valence electrons. The number of hydrogen-bond acceptors (Lipinski definition) is 1. The topological polar surface area (TPSA) is 26.0 Å². The summed E-state index contributed by atoms with van der Waals surface area (Å²) < 4.78 is 27.0. The van der Waals surface area contributed by atoms with E-state index < -0.39 is 12.0 Å². The van der Waals surface area contributed by atoms with E-state index in [2.05, 4.69) is 0 Å². The fourth-order valence-electron chi connectivity index (χ4n) is 1.35. The maximum absolute atomic E-state index is 13.5. The Bertz CT molecular complexity index is 315. The number of halogens is 2. The Morgan fingerprint density at radius 3 is 1.87 bits per heavy atom. The molecule has 15 heavy (non-hydrogen) atoms. The Hall–Kier alpha value is -0.960. The Labute approximate surface area is 89.3 Å². The molecule has 0 heterocycles. The molecule has 1 rings (SSSR count). The van der Waals surface area contributed by atoms with Gasteiger partial charge in [0, 0.05) is 5.56 Å². The van der Waals surface area contributed by atoms with Crippen molar-refractivity contribution in [3.8, 4) is 0 Å². The maximum Gasteiger partial charge on any atom is 0.287 e. The van der Waals surface area contributed by atoms with E-state index in [9.17, 15) is 8.78 Å². The number of alkyl halides is 2. The third-order valence-electron chi connectivity index (χ3n) is 2.53. The lowest BCUT2D eigenvalue weighted by Gasteiger charge is -2.21. The molecular weight excluding hydrogens is 196 g/mol. The van der Waals surface area contributed by atoms with Crippen LogP contribution in [0.15, 0.2) is 24.3 Å². The fraction of sp³-hybridized carbons (Fsp3) is 0.500. The van der Waals surface area contributed by atoms with E-state index in [1.807, 2.05) is 13.8 Å². The summed E-state index contributed by atoms with van der Waals surface area (Å²) >= 11 is 0. The first-order valence-corrected chi connectivity index (χ1v) is 5.09. The summed E-state index contributed by atoms with van der Waals surface area (Å²) in [7, 11) is 0. The molecule has 0 fully saturated rings. The first-order chi connectivity index (χ1) is 6.85. The van der Waals surface area contributed by atoms with Gasteiger partial charge in [0.05, 0.1) is 6.04 Å². The summed E-state index contributed by atoms with van der Waals surface area (Å²) in [5.41, 5.74) is 6.29. The van der Waals surface area contributed by atoms with Crippen LogP contribution in [0.25, 0.3) is 0 Å². The van der Waals surface area contributed by atoms with Crippen LogP contribution in [0.4, 0.5) is 8.78 Å². The lowest BCUT2D eigenvalue weighted by atomic mass is 9.97. The molecule has 1 nitrogen and oxygen atoms in total. The second-order valence-electron chi connectivity index (χ2n) is 4.19. The molecule has 0 aromatic heterocycles. The van der Waals surface area contributed by atoms with Gasteiger partial charge in [-0.15, -0.1) is 0 Å². The minimum Gasteiger partial charge on any atom is -0.323 e. The highest BCUT2D eigenvalue weighted by atomic mass is 19.3. The van der Waals surface area contributed by atoms with Gasteiger partial charge in [-0.3, -0.25) is 0 Å². The molecule has 0 amide bonds. The third-order valence-corrected chi connectivity index (χ3v) is 2.53. The van der Waals surface area contributed by atoms with E-state index in [1.165, 1.54) is 19.1 Å². The first-order valence-electron chi connectivity index (χ1n) is 5.09. The van der Waals surface area contributed by atoms with Crippen molar-refractivity contribution in [1.29, 1.82) is 0 Å². The molecule has 0 aliphatic rings. The summed E-state index contributed by atoms with van der Waals surface area (Å²) in [6.07, 6.45) is 0. The molecule has 2 N–H and O–H groups in total. The van der Waals surface area contributed by atoms with Crippen molar-refractivity contribution < 1.29 is 8.78 Å². The smallest absolute Gasteiger partial charge is 0.287 e. The molecule has 1 aromatic rings. The highest BCUT2D eigenvalue weighted by molar-refractivity contribution is 5.28. The fourth-order valence-corrected chi connectivity index (χ4v) is 1.35. The molecular formula is C12H17F2N. The van der Waals surface area contributed by atoms with Crippen LogP contribution >= 0.6 is 0 Å². The van der Waals surface area contributed by atoms with Gasteiger partial charge < -0.3 is 5.73 Å². The Morgan fingerprint density at radius 2 is 1.53 bits per heavy atom. The highest BCUT2D eigenvalue weighted by Crippen LogP contribution is 2.31. The molecule has 0 spiro atoms. The van der Waals surface area contributed by atoms with Crippen LogP contribution in [0, 0.1) is 0 Å². The molecule has 1 unspecified atom stereocenters. The number of benzene rings is 1. The van der Waals surface area contributed by atoms with Crippen molar-refractivity contribution in [1.82, 2.24) is 0 Å². The van der Waals surface area contributed by atoms with Crippen LogP contribution in [0.3, 0.4) is 0 Å². The molecule has 0 aliphatic heterocycles. The largest absolute Gasteiger partial charge is 0.323 e. The maximum atomic E-state index is 13.5. The summed E-state index contributed by atoms with van der Waals surface area (Å²) in [4.78, 5) is 0. The zero-order valence-corrected chi connectivity index (χ0v) is 9.30. The number of nitrogens with two attached hydrogens (primary N) is 1. The minimum atomic E-state index is -2.95. The van der Waals surface area contributed by atoms with Gasteiger partial charge >= 0.3 is 0 Å². The zero-order chi connectivity index (χ0) is 11.6. The van der Waals surface area contributed by atoms with Crippen LogP contribution in [0.1, 0.15) is 37.8 Å². The van der Waals surface area contributed by atoms with Crippen LogP contribution in [0.2, 0.25) is 0 Å². The molecule has 1 aromatic carbocycles. The van der Waals surface area contributed by atoms with Gasteiger partial charge in [-0.05, 0) is 18.4 Å². The van der Waals surface area contributed by atoms with Crippen molar-refractivity contribution in [3.05, 3.63) is 35.4 Å². The average molecular weight is 213 g/mol. The molecule has 3 heteroatoms. The zero-order valence-electron chi connectivity index (χ0n) is 9.30.